The molecule has 0 spiro atoms. The average molecular weight is 485 g/mol. The van der Waals surface area contributed by atoms with Crippen LogP contribution in [0, 0.1) is 4.77 Å². The van der Waals surface area contributed by atoms with E-state index in [9.17, 15) is 8.42 Å². The van der Waals surface area contributed by atoms with Gasteiger partial charge in [0.15, 0.2) is 10.6 Å². The van der Waals surface area contributed by atoms with Crippen molar-refractivity contribution in [1.82, 2.24) is 28.5 Å². The first kappa shape index (κ1) is 21.6. The Kier molecular flexibility index (Phi) is 6.37. The predicted octanol–water partition coefficient (Wildman–Crippen LogP) is 3.17. The van der Waals surface area contributed by atoms with E-state index in [-0.39, 0.29) is 4.21 Å². The summed E-state index contributed by atoms with van der Waals surface area (Å²) < 4.78 is 32.3. The van der Waals surface area contributed by atoms with Gasteiger partial charge in [-0.25, -0.2) is 13.1 Å². The molecule has 0 aromatic carbocycles. The largest absolute Gasteiger partial charge is 0.300 e. The Morgan fingerprint density at radius 3 is 2.43 bits per heavy atom. The van der Waals surface area contributed by atoms with Crippen LogP contribution in [0.3, 0.4) is 0 Å². The Bertz CT molecular complexity index is 1180. The molecule has 0 unspecified atom stereocenters. The van der Waals surface area contributed by atoms with Crippen LogP contribution in [0.5, 0.6) is 0 Å². The van der Waals surface area contributed by atoms with Crippen molar-refractivity contribution in [2.75, 3.05) is 26.2 Å². The molecule has 0 N–H and O–H groups in total. The quantitative estimate of drug-likeness (QED) is 0.500. The number of rotatable bonds is 6. The van der Waals surface area contributed by atoms with Crippen molar-refractivity contribution >= 4 is 45.2 Å². The molecule has 0 amide bonds. The third kappa shape index (κ3) is 4.23. The van der Waals surface area contributed by atoms with Gasteiger partial charge in [-0.3, -0.25) is 9.88 Å². The average Bonchev–Trinajstić information content (AvgIpc) is 3.33. The fourth-order valence-electron chi connectivity index (χ4n) is 3.40. The Labute approximate surface area is 189 Å². The van der Waals surface area contributed by atoms with Crippen LogP contribution in [-0.2, 0) is 23.2 Å². The van der Waals surface area contributed by atoms with Gasteiger partial charge in [0, 0.05) is 50.7 Å². The first-order chi connectivity index (χ1) is 14.4. The number of hydrogen-bond donors (Lipinski definition) is 0. The standard InChI is InChI=1S/C18H21ClN6O2S3/c1-2-24-17(14-5-7-20-8-6-14)21-25(18(24)28)13-22-9-11-23(12-10-22)30(26,27)16-4-3-15(19)29-16/h3-8H,2,9-13H2,1H3. The molecule has 0 radical (unpaired) electrons. The van der Waals surface area contributed by atoms with E-state index in [0.29, 0.717) is 48.5 Å². The van der Waals surface area contributed by atoms with Crippen molar-refractivity contribution in [3.8, 4) is 11.4 Å². The first-order valence-electron chi connectivity index (χ1n) is 9.46. The van der Waals surface area contributed by atoms with E-state index in [2.05, 4.69) is 9.88 Å². The Morgan fingerprint density at radius 2 is 1.83 bits per heavy atom. The van der Waals surface area contributed by atoms with Crippen molar-refractivity contribution in [3.05, 3.63) is 45.8 Å². The molecule has 4 rings (SSSR count). The molecule has 12 heteroatoms. The summed E-state index contributed by atoms with van der Waals surface area (Å²) in [6.45, 7) is 5.29. The summed E-state index contributed by atoms with van der Waals surface area (Å²) >= 11 is 12.6. The highest BCUT2D eigenvalue weighted by molar-refractivity contribution is 7.91. The SMILES string of the molecule is CCn1c(-c2ccncc2)nn(CN2CCN(S(=O)(=O)c3ccc(Cl)s3)CC2)c1=S. The minimum Gasteiger partial charge on any atom is -0.300 e. The summed E-state index contributed by atoms with van der Waals surface area (Å²) in [6, 6.07) is 7.00. The van der Waals surface area contributed by atoms with E-state index in [1.807, 2.05) is 23.6 Å². The second-order valence-electron chi connectivity index (χ2n) is 6.81. The molecule has 3 aromatic rings. The smallest absolute Gasteiger partial charge is 0.252 e. The van der Waals surface area contributed by atoms with E-state index in [4.69, 9.17) is 28.9 Å². The second kappa shape index (κ2) is 8.85. The number of piperazine rings is 1. The number of aromatic nitrogens is 4. The van der Waals surface area contributed by atoms with Crippen molar-refractivity contribution in [2.24, 2.45) is 0 Å². The van der Waals surface area contributed by atoms with Crippen molar-refractivity contribution in [3.63, 3.8) is 0 Å². The predicted molar refractivity (Wildman–Crippen MR) is 120 cm³/mol. The lowest BCUT2D eigenvalue weighted by Gasteiger charge is -2.33. The minimum atomic E-state index is -3.50. The molecule has 4 heterocycles. The molecule has 30 heavy (non-hydrogen) atoms. The van der Waals surface area contributed by atoms with Crippen molar-refractivity contribution < 1.29 is 8.42 Å². The molecule has 0 atom stereocenters. The lowest BCUT2D eigenvalue weighted by molar-refractivity contribution is 0.144. The van der Waals surface area contributed by atoms with Gasteiger partial charge in [0.1, 0.15) is 4.21 Å². The molecule has 0 saturated carbocycles. The Hall–Kier alpha value is -1.63. The lowest BCUT2D eigenvalue weighted by Crippen LogP contribution is -2.48. The number of halogens is 1. The maximum Gasteiger partial charge on any atom is 0.252 e. The number of thiophene rings is 1. The van der Waals surface area contributed by atoms with Crippen LogP contribution in [0.4, 0.5) is 0 Å². The summed E-state index contributed by atoms with van der Waals surface area (Å²) in [5.41, 5.74) is 0.960. The summed E-state index contributed by atoms with van der Waals surface area (Å²) in [5.74, 6) is 0.806. The van der Waals surface area contributed by atoms with Gasteiger partial charge in [0.05, 0.1) is 11.0 Å². The molecule has 0 aliphatic carbocycles. The van der Waals surface area contributed by atoms with E-state index < -0.39 is 10.0 Å². The minimum absolute atomic E-state index is 0.284. The van der Waals surface area contributed by atoms with E-state index in [0.717, 1.165) is 22.7 Å². The number of hydrogen-bond acceptors (Lipinski definition) is 7. The lowest BCUT2D eigenvalue weighted by atomic mass is 10.2. The monoisotopic (exact) mass is 484 g/mol. The molecule has 1 saturated heterocycles. The van der Waals surface area contributed by atoms with Gasteiger partial charge in [-0.2, -0.15) is 9.40 Å². The first-order valence-corrected chi connectivity index (χ1v) is 12.5. The van der Waals surface area contributed by atoms with Crippen molar-refractivity contribution in [2.45, 2.75) is 24.3 Å². The summed E-state index contributed by atoms with van der Waals surface area (Å²) in [6.07, 6.45) is 3.47. The maximum absolute atomic E-state index is 12.8. The molecule has 8 nitrogen and oxygen atoms in total. The molecule has 160 valence electrons. The van der Waals surface area contributed by atoms with E-state index >= 15 is 0 Å². The molecule has 1 aliphatic heterocycles. The summed E-state index contributed by atoms with van der Waals surface area (Å²) in [4.78, 5) is 6.22. The highest BCUT2D eigenvalue weighted by Crippen LogP contribution is 2.28. The topological polar surface area (TPSA) is 76.3 Å². The van der Waals surface area contributed by atoms with Gasteiger partial charge < -0.3 is 4.57 Å². The molecule has 3 aromatic heterocycles. The molecular weight excluding hydrogens is 464 g/mol. The number of sulfonamides is 1. The van der Waals surface area contributed by atoms with Gasteiger partial charge in [-0.1, -0.05) is 11.6 Å². The summed E-state index contributed by atoms with van der Waals surface area (Å²) in [7, 11) is -3.50. The normalized spacial score (nSPS) is 16.2. The zero-order valence-electron chi connectivity index (χ0n) is 16.3. The maximum atomic E-state index is 12.8. The Balaban J connectivity index is 1.47. The van der Waals surface area contributed by atoms with Gasteiger partial charge in [0.2, 0.25) is 0 Å². The van der Waals surface area contributed by atoms with Gasteiger partial charge in [-0.05, 0) is 43.4 Å². The third-order valence-corrected chi connectivity index (χ3v) is 9.01. The number of nitrogens with zero attached hydrogens (tertiary/aromatic N) is 6. The highest BCUT2D eigenvalue weighted by Gasteiger charge is 2.30. The van der Waals surface area contributed by atoms with E-state index in [1.165, 1.54) is 4.31 Å². The van der Waals surface area contributed by atoms with Crippen LogP contribution in [0.1, 0.15) is 6.92 Å². The summed E-state index contributed by atoms with van der Waals surface area (Å²) in [5, 5.41) is 4.72. The molecule has 0 bridgehead atoms. The molecule has 1 aliphatic rings. The van der Waals surface area contributed by atoms with Gasteiger partial charge in [0.25, 0.3) is 10.0 Å². The van der Waals surface area contributed by atoms with E-state index in [1.54, 1.807) is 29.2 Å². The van der Waals surface area contributed by atoms with Gasteiger partial charge >= 0.3 is 0 Å². The van der Waals surface area contributed by atoms with Crippen LogP contribution in [0.2, 0.25) is 4.34 Å². The fraction of sp³-hybridized carbons (Fsp3) is 0.389. The van der Waals surface area contributed by atoms with Gasteiger partial charge in [-0.15, -0.1) is 11.3 Å². The highest BCUT2D eigenvalue weighted by atomic mass is 35.5. The van der Waals surface area contributed by atoms with Crippen LogP contribution < -0.4 is 0 Å². The van der Waals surface area contributed by atoms with Crippen LogP contribution in [-0.4, -0.2) is 63.1 Å². The zero-order valence-corrected chi connectivity index (χ0v) is 19.5. The zero-order chi connectivity index (χ0) is 21.3. The molecule has 1 fully saturated rings. The van der Waals surface area contributed by atoms with Crippen LogP contribution in [0.15, 0.2) is 40.9 Å². The third-order valence-electron chi connectivity index (χ3n) is 4.99. The molecular formula is C18H21ClN6O2S3. The fourth-order valence-corrected chi connectivity index (χ4v) is 6.77. The second-order valence-corrected chi connectivity index (χ2v) is 11.1. The Morgan fingerprint density at radius 1 is 1.13 bits per heavy atom. The number of pyridine rings is 1. The van der Waals surface area contributed by atoms with Crippen molar-refractivity contribution in [1.29, 1.82) is 0 Å². The van der Waals surface area contributed by atoms with Crippen LogP contribution in [0.25, 0.3) is 11.4 Å². The van der Waals surface area contributed by atoms with Crippen LogP contribution >= 0.6 is 35.2 Å².